The number of rotatable bonds is 0. The maximum atomic E-state index is 7.40. The van der Waals surface area contributed by atoms with Crippen LogP contribution in [0.25, 0.3) is 10.9 Å². The summed E-state index contributed by atoms with van der Waals surface area (Å²) in [4.78, 5) is 11.3. The first-order chi connectivity index (χ1) is 7.80. The summed E-state index contributed by atoms with van der Waals surface area (Å²) in [6.07, 6.45) is 1.31. The molecule has 2 aromatic heterocycles. The van der Waals surface area contributed by atoms with Crippen molar-refractivity contribution in [2.75, 3.05) is 0 Å². The van der Waals surface area contributed by atoms with Crippen molar-refractivity contribution in [2.45, 2.75) is 6.85 Å². The third kappa shape index (κ3) is 1.52. The highest BCUT2D eigenvalue weighted by atomic mass is 35.5. The Hall–Kier alpha value is -0.640. The van der Waals surface area contributed by atoms with Gasteiger partial charge in [-0.2, -0.15) is 0 Å². The van der Waals surface area contributed by atoms with E-state index in [2.05, 4.69) is 15.0 Å². The SMILES string of the molecule is [2H]C([2H])([2H])c1c(Cl)ncc2c(Cl)nc(Cl)nc12. The van der Waals surface area contributed by atoms with Crippen molar-refractivity contribution in [3.05, 3.63) is 27.4 Å². The second-order valence-electron chi connectivity index (χ2n) is 2.47. The standard InChI is InChI=1S/C8H4Cl3N3/c1-3-5-4(2-12-6(3)9)7(10)14-8(11)13-5/h2H,1H3/i1D3. The summed E-state index contributed by atoms with van der Waals surface area (Å²) in [6, 6.07) is 0. The van der Waals surface area contributed by atoms with Crippen LogP contribution >= 0.6 is 34.8 Å². The second kappa shape index (κ2) is 3.50. The Morgan fingerprint density at radius 3 is 2.71 bits per heavy atom. The lowest BCUT2D eigenvalue weighted by Crippen LogP contribution is -1.92. The Balaban J connectivity index is 2.95. The molecule has 0 aliphatic rings. The monoisotopic (exact) mass is 250 g/mol. The predicted molar refractivity (Wildman–Crippen MR) is 57.1 cm³/mol. The smallest absolute Gasteiger partial charge is 0.224 e. The number of hydrogen-bond acceptors (Lipinski definition) is 3. The van der Waals surface area contributed by atoms with E-state index in [0.29, 0.717) is 5.39 Å². The summed E-state index contributed by atoms with van der Waals surface area (Å²) in [6.45, 7) is -2.45. The lowest BCUT2D eigenvalue weighted by Gasteiger charge is -2.03. The summed E-state index contributed by atoms with van der Waals surface area (Å²) in [5.41, 5.74) is -0.0853. The van der Waals surface area contributed by atoms with Crippen molar-refractivity contribution in [1.29, 1.82) is 0 Å². The molecule has 0 saturated heterocycles. The molecule has 0 bridgehead atoms. The fourth-order valence-corrected chi connectivity index (χ4v) is 1.57. The predicted octanol–water partition coefficient (Wildman–Crippen LogP) is 3.29. The van der Waals surface area contributed by atoms with Crippen LogP contribution in [0.5, 0.6) is 0 Å². The van der Waals surface area contributed by atoms with Gasteiger partial charge in [0.05, 0.1) is 10.9 Å². The van der Waals surface area contributed by atoms with E-state index in [1.165, 1.54) is 6.20 Å². The van der Waals surface area contributed by atoms with Gasteiger partial charge in [0, 0.05) is 15.9 Å². The third-order valence-corrected chi connectivity index (χ3v) is 2.37. The summed E-state index contributed by atoms with van der Waals surface area (Å²) < 4.78 is 22.2. The molecule has 0 aliphatic heterocycles. The number of aryl methyl sites for hydroxylation is 1. The van der Waals surface area contributed by atoms with Crippen LogP contribution in [-0.2, 0) is 0 Å². The largest absolute Gasteiger partial charge is 0.243 e. The number of fused-ring (bicyclic) bond motifs is 1. The first-order valence-electron chi connectivity index (χ1n) is 4.98. The van der Waals surface area contributed by atoms with Crippen LogP contribution in [0.1, 0.15) is 9.68 Å². The van der Waals surface area contributed by atoms with E-state index in [-0.39, 0.29) is 26.7 Å². The maximum absolute atomic E-state index is 7.40. The molecule has 0 aromatic carbocycles. The number of halogens is 3. The summed E-state index contributed by atoms with van der Waals surface area (Å²) in [5.74, 6) is 0. The van der Waals surface area contributed by atoms with Crippen molar-refractivity contribution in [3.63, 3.8) is 0 Å². The molecule has 0 amide bonds. The van der Waals surface area contributed by atoms with E-state index in [1.54, 1.807) is 0 Å². The molecule has 0 N–H and O–H groups in total. The van der Waals surface area contributed by atoms with Crippen LogP contribution in [-0.4, -0.2) is 15.0 Å². The lowest BCUT2D eigenvalue weighted by molar-refractivity contribution is 1.19. The fraction of sp³-hybridized carbons (Fsp3) is 0.125. The fourth-order valence-electron chi connectivity index (χ4n) is 1.00. The highest BCUT2D eigenvalue weighted by Crippen LogP contribution is 2.26. The third-order valence-electron chi connectivity index (χ3n) is 1.62. The van der Waals surface area contributed by atoms with Gasteiger partial charge in [0.2, 0.25) is 5.28 Å². The van der Waals surface area contributed by atoms with Gasteiger partial charge in [-0.05, 0) is 18.5 Å². The first kappa shape index (κ1) is 6.77. The van der Waals surface area contributed by atoms with Gasteiger partial charge in [0.25, 0.3) is 0 Å². The van der Waals surface area contributed by atoms with Crippen LogP contribution in [0.2, 0.25) is 15.6 Å². The molecule has 0 radical (unpaired) electrons. The molecule has 72 valence electrons. The topological polar surface area (TPSA) is 38.7 Å². The van der Waals surface area contributed by atoms with Crippen LogP contribution in [0.3, 0.4) is 0 Å². The van der Waals surface area contributed by atoms with Crippen LogP contribution < -0.4 is 0 Å². The average molecular weight is 252 g/mol. The molecule has 2 rings (SSSR count). The van der Waals surface area contributed by atoms with E-state index in [4.69, 9.17) is 38.9 Å². The average Bonchev–Trinajstić information content (AvgIpc) is 2.13. The highest BCUT2D eigenvalue weighted by Gasteiger charge is 2.09. The first-order valence-corrected chi connectivity index (χ1v) is 4.62. The molecule has 6 heteroatoms. The van der Waals surface area contributed by atoms with Crippen LogP contribution in [0, 0.1) is 6.85 Å². The number of pyridine rings is 1. The maximum Gasteiger partial charge on any atom is 0.224 e. The molecule has 14 heavy (non-hydrogen) atoms. The van der Waals surface area contributed by atoms with Crippen LogP contribution in [0.4, 0.5) is 0 Å². The zero-order valence-corrected chi connectivity index (χ0v) is 8.82. The van der Waals surface area contributed by atoms with Crippen molar-refractivity contribution >= 4 is 45.7 Å². The van der Waals surface area contributed by atoms with Crippen molar-refractivity contribution < 1.29 is 4.11 Å². The van der Waals surface area contributed by atoms with E-state index in [0.717, 1.165) is 0 Å². The van der Waals surface area contributed by atoms with Gasteiger partial charge in [-0.3, -0.25) is 0 Å². The molecule has 0 fully saturated rings. The molecule has 3 nitrogen and oxygen atoms in total. The lowest BCUT2D eigenvalue weighted by atomic mass is 10.2. The van der Waals surface area contributed by atoms with Gasteiger partial charge in [-0.1, -0.05) is 23.2 Å². The highest BCUT2D eigenvalue weighted by molar-refractivity contribution is 6.36. The normalized spacial score (nSPS) is 14.9. The van der Waals surface area contributed by atoms with Crippen molar-refractivity contribution in [2.24, 2.45) is 0 Å². The molecular weight excluding hydrogens is 244 g/mol. The van der Waals surface area contributed by atoms with Crippen molar-refractivity contribution in [1.82, 2.24) is 15.0 Å². The van der Waals surface area contributed by atoms with Gasteiger partial charge >= 0.3 is 0 Å². The molecular formula is C8H4Cl3N3. The van der Waals surface area contributed by atoms with Gasteiger partial charge in [0.15, 0.2) is 0 Å². The Morgan fingerprint density at radius 2 is 2.00 bits per heavy atom. The minimum Gasteiger partial charge on any atom is -0.243 e. The Bertz CT molecular complexity index is 600. The molecule has 0 atom stereocenters. The van der Waals surface area contributed by atoms with E-state index in [9.17, 15) is 0 Å². The minimum absolute atomic E-state index is 0.0367. The van der Waals surface area contributed by atoms with Gasteiger partial charge in [-0.15, -0.1) is 0 Å². The number of nitrogens with zero attached hydrogens (tertiary/aromatic N) is 3. The Labute approximate surface area is 99.3 Å². The summed E-state index contributed by atoms with van der Waals surface area (Å²) in [7, 11) is 0. The van der Waals surface area contributed by atoms with E-state index < -0.39 is 6.85 Å². The molecule has 0 spiro atoms. The second-order valence-corrected chi connectivity index (χ2v) is 3.52. The minimum atomic E-state index is -2.45. The molecule has 0 unspecified atom stereocenters. The Kier molecular flexibility index (Phi) is 1.69. The summed E-state index contributed by atoms with van der Waals surface area (Å²) >= 11 is 17.3. The Morgan fingerprint density at radius 1 is 1.21 bits per heavy atom. The van der Waals surface area contributed by atoms with Gasteiger partial charge < -0.3 is 0 Å². The molecule has 2 heterocycles. The molecule has 2 aromatic rings. The van der Waals surface area contributed by atoms with Crippen LogP contribution in [0.15, 0.2) is 6.20 Å². The molecule has 0 aliphatic carbocycles. The van der Waals surface area contributed by atoms with Gasteiger partial charge in [-0.25, -0.2) is 15.0 Å². The summed E-state index contributed by atoms with van der Waals surface area (Å²) in [5, 5.41) is 0.0415. The number of aromatic nitrogens is 3. The zero-order valence-electron chi connectivity index (χ0n) is 9.55. The zero-order chi connectivity index (χ0) is 12.8. The number of hydrogen-bond donors (Lipinski definition) is 0. The van der Waals surface area contributed by atoms with E-state index >= 15 is 0 Å². The molecule has 0 saturated carbocycles. The quantitative estimate of drug-likeness (QED) is 0.410. The van der Waals surface area contributed by atoms with E-state index in [1.807, 2.05) is 0 Å². The van der Waals surface area contributed by atoms with Gasteiger partial charge in [0.1, 0.15) is 10.3 Å². The van der Waals surface area contributed by atoms with Crippen molar-refractivity contribution in [3.8, 4) is 0 Å².